The summed E-state index contributed by atoms with van der Waals surface area (Å²) in [5, 5.41) is 3.22. The first kappa shape index (κ1) is 16.0. The predicted molar refractivity (Wildman–Crippen MR) is 102 cm³/mol. The lowest BCUT2D eigenvalue weighted by Gasteiger charge is -2.29. The molecule has 2 heterocycles. The number of benzene rings is 2. The number of aromatic nitrogens is 1. The van der Waals surface area contributed by atoms with Crippen LogP contribution < -0.4 is 0 Å². The number of rotatable bonds is 3. The van der Waals surface area contributed by atoms with Crippen molar-refractivity contribution >= 4 is 17.2 Å². The molecule has 0 saturated heterocycles. The maximum Gasteiger partial charge on any atom is 0.254 e. The van der Waals surface area contributed by atoms with Gasteiger partial charge in [-0.25, -0.2) is 4.98 Å². The molecule has 0 aliphatic carbocycles. The van der Waals surface area contributed by atoms with Gasteiger partial charge in [0.25, 0.3) is 5.91 Å². The van der Waals surface area contributed by atoms with Crippen molar-refractivity contribution in [1.29, 1.82) is 0 Å². The van der Waals surface area contributed by atoms with Crippen LogP contribution in [0.1, 0.15) is 33.4 Å². The number of carbonyl (C=O) groups excluding carboxylic acids is 1. The Morgan fingerprint density at radius 3 is 2.60 bits per heavy atom. The van der Waals surface area contributed by atoms with E-state index in [-0.39, 0.29) is 5.91 Å². The largest absolute Gasteiger partial charge is 0.334 e. The minimum absolute atomic E-state index is 0.105. The molecular weight excluding hydrogens is 328 g/mol. The van der Waals surface area contributed by atoms with Crippen LogP contribution in [-0.4, -0.2) is 22.3 Å². The summed E-state index contributed by atoms with van der Waals surface area (Å²) in [6.45, 7) is 3.59. The molecule has 2 aromatic carbocycles. The number of aryl methyl sites for hydroxylation is 1. The fourth-order valence-electron chi connectivity index (χ4n) is 3.24. The van der Waals surface area contributed by atoms with E-state index in [1.54, 1.807) is 11.3 Å². The first-order chi connectivity index (χ1) is 12.2. The number of carbonyl (C=O) groups is 1. The molecule has 0 atom stereocenters. The second kappa shape index (κ2) is 6.81. The predicted octanol–water partition coefficient (Wildman–Crippen LogP) is 4.57. The van der Waals surface area contributed by atoms with Crippen LogP contribution in [0.25, 0.3) is 11.3 Å². The fraction of sp³-hybridized carbons (Fsp3) is 0.238. The van der Waals surface area contributed by atoms with Crippen LogP contribution in [0.4, 0.5) is 0 Å². The lowest BCUT2D eigenvalue weighted by molar-refractivity contribution is 0.0735. The molecule has 1 aliphatic rings. The molecule has 0 saturated carbocycles. The van der Waals surface area contributed by atoms with E-state index in [1.165, 1.54) is 11.1 Å². The van der Waals surface area contributed by atoms with E-state index in [9.17, 15) is 4.79 Å². The second-order valence-electron chi connectivity index (χ2n) is 6.30. The Hall–Kier alpha value is -2.46. The van der Waals surface area contributed by atoms with Crippen LogP contribution in [0, 0.1) is 0 Å². The number of hydrogen-bond donors (Lipinski definition) is 0. The van der Waals surface area contributed by atoms with Crippen molar-refractivity contribution < 1.29 is 4.79 Å². The summed E-state index contributed by atoms with van der Waals surface area (Å²) >= 11 is 1.68. The number of thiazole rings is 1. The molecule has 0 fully saturated rings. The van der Waals surface area contributed by atoms with Crippen molar-refractivity contribution in [3.05, 3.63) is 75.6 Å². The van der Waals surface area contributed by atoms with Gasteiger partial charge in [0.05, 0.1) is 10.7 Å². The van der Waals surface area contributed by atoms with Gasteiger partial charge in [0.1, 0.15) is 0 Å². The molecule has 1 aromatic heterocycles. The Kier molecular flexibility index (Phi) is 4.36. The van der Waals surface area contributed by atoms with Gasteiger partial charge in [0, 0.05) is 29.6 Å². The quantitative estimate of drug-likeness (QED) is 0.694. The molecule has 0 bridgehead atoms. The normalized spacial score (nSPS) is 13.6. The number of nitrogens with zero attached hydrogens (tertiary/aromatic N) is 2. The molecule has 0 spiro atoms. The molecule has 3 aromatic rings. The average Bonchev–Trinajstić information content (AvgIpc) is 3.16. The molecule has 25 heavy (non-hydrogen) atoms. The minimum Gasteiger partial charge on any atom is -0.334 e. The standard InChI is InChI=1S/C21H20N2OS/c1-2-20-22-19(14-25-20)16-7-9-17(10-8-16)21(24)23-12-11-15-5-3-4-6-18(15)13-23/h3-10,14H,2,11-13H2,1H3. The number of amides is 1. The zero-order valence-electron chi connectivity index (χ0n) is 14.2. The summed E-state index contributed by atoms with van der Waals surface area (Å²) in [7, 11) is 0. The maximum atomic E-state index is 12.8. The van der Waals surface area contributed by atoms with Gasteiger partial charge in [-0.1, -0.05) is 43.3 Å². The highest BCUT2D eigenvalue weighted by Gasteiger charge is 2.21. The Morgan fingerprint density at radius 2 is 1.88 bits per heavy atom. The van der Waals surface area contributed by atoms with Crippen LogP contribution in [0.5, 0.6) is 0 Å². The van der Waals surface area contributed by atoms with Crippen molar-refractivity contribution in [2.24, 2.45) is 0 Å². The van der Waals surface area contributed by atoms with E-state index in [2.05, 4.69) is 35.5 Å². The van der Waals surface area contributed by atoms with E-state index >= 15 is 0 Å². The van der Waals surface area contributed by atoms with Crippen molar-refractivity contribution in [3.8, 4) is 11.3 Å². The highest BCUT2D eigenvalue weighted by molar-refractivity contribution is 7.09. The Balaban J connectivity index is 1.51. The first-order valence-electron chi connectivity index (χ1n) is 8.65. The molecule has 3 nitrogen and oxygen atoms in total. The van der Waals surface area contributed by atoms with E-state index < -0.39 is 0 Å². The zero-order chi connectivity index (χ0) is 17.2. The Morgan fingerprint density at radius 1 is 1.12 bits per heavy atom. The van der Waals surface area contributed by atoms with E-state index in [1.807, 2.05) is 35.2 Å². The molecule has 126 valence electrons. The maximum absolute atomic E-state index is 12.8. The van der Waals surface area contributed by atoms with Gasteiger partial charge >= 0.3 is 0 Å². The molecule has 1 aliphatic heterocycles. The molecule has 0 radical (unpaired) electrons. The highest BCUT2D eigenvalue weighted by Crippen LogP contribution is 2.24. The molecule has 0 N–H and O–H groups in total. The summed E-state index contributed by atoms with van der Waals surface area (Å²) in [5.74, 6) is 0.105. The zero-order valence-corrected chi connectivity index (χ0v) is 15.1. The van der Waals surface area contributed by atoms with Gasteiger partial charge in [-0.15, -0.1) is 11.3 Å². The van der Waals surface area contributed by atoms with Crippen LogP contribution in [0.15, 0.2) is 53.9 Å². The highest BCUT2D eigenvalue weighted by atomic mass is 32.1. The fourth-order valence-corrected chi connectivity index (χ4v) is 4.00. The lowest BCUT2D eigenvalue weighted by Crippen LogP contribution is -2.35. The van der Waals surface area contributed by atoms with Crippen molar-refractivity contribution in [2.45, 2.75) is 26.3 Å². The van der Waals surface area contributed by atoms with E-state index in [0.717, 1.165) is 41.2 Å². The lowest BCUT2D eigenvalue weighted by atomic mass is 9.99. The molecule has 4 rings (SSSR count). The third-order valence-electron chi connectivity index (χ3n) is 4.70. The first-order valence-corrected chi connectivity index (χ1v) is 9.53. The van der Waals surface area contributed by atoms with Gasteiger partial charge in [-0.05, 0) is 36.1 Å². The SMILES string of the molecule is CCc1nc(-c2ccc(C(=O)N3CCc4ccccc4C3)cc2)cs1. The van der Waals surface area contributed by atoms with Crippen molar-refractivity contribution in [3.63, 3.8) is 0 Å². The van der Waals surface area contributed by atoms with E-state index in [0.29, 0.717) is 6.54 Å². The number of fused-ring (bicyclic) bond motifs is 1. The number of hydrogen-bond acceptors (Lipinski definition) is 3. The summed E-state index contributed by atoms with van der Waals surface area (Å²) < 4.78 is 0. The Labute approximate surface area is 152 Å². The third kappa shape index (κ3) is 3.22. The van der Waals surface area contributed by atoms with Crippen LogP contribution in [0.3, 0.4) is 0 Å². The minimum atomic E-state index is 0.105. The van der Waals surface area contributed by atoms with Gasteiger partial charge in [0.15, 0.2) is 0 Å². The smallest absolute Gasteiger partial charge is 0.254 e. The van der Waals surface area contributed by atoms with Gasteiger partial charge in [-0.3, -0.25) is 4.79 Å². The monoisotopic (exact) mass is 348 g/mol. The van der Waals surface area contributed by atoms with Crippen LogP contribution >= 0.6 is 11.3 Å². The molecule has 1 amide bonds. The van der Waals surface area contributed by atoms with E-state index in [4.69, 9.17) is 0 Å². The van der Waals surface area contributed by atoms with Crippen molar-refractivity contribution in [1.82, 2.24) is 9.88 Å². The second-order valence-corrected chi connectivity index (χ2v) is 7.25. The summed E-state index contributed by atoms with van der Waals surface area (Å²) in [5.41, 5.74) is 5.42. The van der Waals surface area contributed by atoms with Gasteiger partial charge in [-0.2, -0.15) is 0 Å². The van der Waals surface area contributed by atoms with Crippen LogP contribution in [0.2, 0.25) is 0 Å². The Bertz CT molecular complexity index is 898. The van der Waals surface area contributed by atoms with Crippen molar-refractivity contribution in [2.75, 3.05) is 6.54 Å². The third-order valence-corrected chi connectivity index (χ3v) is 5.69. The summed E-state index contributed by atoms with van der Waals surface area (Å²) in [6.07, 6.45) is 1.89. The molecule has 0 unspecified atom stereocenters. The van der Waals surface area contributed by atoms with Gasteiger partial charge in [0.2, 0.25) is 0 Å². The van der Waals surface area contributed by atoms with Crippen LogP contribution in [-0.2, 0) is 19.4 Å². The topological polar surface area (TPSA) is 33.2 Å². The van der Waals surface area contributed by atoms with Gasteiger partial charge < -0.3 is 4.90 Å². The average molecular weight is 348 g/mol. The summed E-state index contributed by atoms with van der Waals surface area (Å²) in [6, 6.07) is 16.2. The molecule has 4 heteroatoms. The molecular formula is C21H20N2OS. The summed E-state index contributed by atoms with van der Waals surface area (Å²) in [4.78, 5) is 19.4.